The highest BCUT2D eigenvalue weighted by atomic mass is 32.1. The van der Waals surface area contributed by atoms with Crippen molar-refractivity contribution in [1.82, 2.24) is 4.57 Å². The zero-order chi connectivity index (χ0) is 25.9. The predicted octanol–water partition coefficient (Wildman–Crippen LogP) is 4.95. The molecule has 0 amide bonds. The molecule has 0 aliphatic carbocycles. The highest BCUT2D eigenvalue weighted by molar-refractivity contribution is 7.80. The number of thiocarbonyl (C=S) groups is 1. The summed E-state index contributed by atoms with van der Waals surface area (Å²) in [6, 6.07) is 20.7. The lowest BCUT2D eigenvalue weighted by Gasteiger charge is -2.34. The normalized spacial score (nSPS) is 14.5. The molecule has 1 aliphatic rings. The fourth-order valence-corrected chi connectivity index (χ4v) is 5.02. The highest BCUT2D eigenvalue weighted by Crippen LogP contribution is 2.38. The SMILES string of the molecule is Cc1ccc(NC(=S)N=Nc2c(O)n(C[NH+]3CCN(c4ccccc4F)CC3)c3ccccc23)c(C)c1. The van der Waals surface area contributed by atoms with Crippen LogP contribution in [0.25, 0.3) is 10.9 Å². The van der Waals surface area contributed by atoms with Gasteiger partial charge in [-0.1, -0.05) is 48.0 Å². The van der Waals surface area contributed by atoms with Gasteiger partial charge in [-0.3, -0.25) is 4.57 Å². The van der Waals surface area contributed by atoms with Gasteiger partial charge in [-0.15, -0.1) is 10.2 Å². The van der Waals surface area contributed by atoms with Crippen LogP contribution in [0.15, 0.2) is 77.0 Å². The fraction of sp³-hybridized carbons (Fsp3) is 0.250. The summed E-state index contributed by atoms with van der Waals surface area (Å²) >= 11 is 5.40. The first-order chi connectivity index (χ1) is 17.9. The Morgan fingerprint density at radius 3 is 2.54 bits per heavy atom. The molecule has 9 heteroatoms. The van der Waals surface area contributed by atoms with E-state index in [1.54, 1.807) is 6.07 Å². The van der Waals surface area contributed by atoms with Crippen LogP contribution in [0.5, 0.6) is 5.88 Å². The third-order valence-electron chi connectivity index (χ3n) is 6.83. The molecule has 0 bridgehead atoms. The summed E-state index contributed by atoms with van der Waals surface area (Å²) in [6.07, 6.45) is 0. The van der Waals surface area contributed by atoms with Crippen LogP contribution in [-0.2, 0) is 6.67 Å². The van der Waals surface area contributed by atoms with Gasteiger partial charge >= 0.3 is 0 Å². The molecule has 0 atom stereocenters. The third-order valence-corrected chi connectivity index (χ3v) is 7.01. The quantitative estimate of drug-likeness (QED) is 0.259. The summed E-state index contributed by atoms with van der Waals surface area (Å²) in [5, 5.41) is 23.8. The van der Waals surface area contributed by atoms with Gasteiger partial charge in [0.1, 0.15) is 5.82 Å². The molecule has 37 heavy (non-hydrogen) atoms. The summed E-state index contributed by atoms with van der Waals surface area (Å²) in [5.74, 6) is -0.136. The summed E-state index contributed by atoms with van der Waals surface area (Å²) in [7, 11) is 0. The van der Waals surface area contributed by atoms with Crippen molar-refractivity contribution in [2.75, 3.05) is 36.4 Å². The second-order valence-corrected chi connectivity index (χ2v) is 9.80. The Bertz CT molecular complexity index is 1480. The molecule has 3 N–H and O–H groups in total. The van der Waals surface area contributed by atoms with Gasteiger partial charge in [0.2, 0.25) is 11.0 Å². The average molecular weight is 518 g/mol. The molecule has 4 aromatic rings. The van der Waals surface area contributed by atoms with Crippen LogP contribution in [0.1, 0.15) is 11.1 Å². The van der Waals surface area contributed by atoms with E-state index in [4.69, 9.17) is 12.2 Å². The number of aromatic nitrogens is 1. The number of rotatable bonds is 5. The molecule has 0 unspecified atom stereocenters. The number of nitrogens with zero attached hydrogens (tertiary/aromatic N) is 4. The van der Waals surface area contributed by atoms with Crippen molar-refractivity contribution < 1.29 is 14.4 Å². The number of nitrogens with one attached hydrogen (secondary N) is 2. The van der Waals surface area contributed by atoms with Crippen LogP contribution in [0, 0.1) is 19.7 Å². The minimum absolute atomic E-state index is 0.0586. The molecule has 3 aromatic carbocycles. The zero-order valence-corrected chi connectivity index (χ0v) is 21.7. The molecular formula is C28H30FN6OS+. The van der Waals surface area contributed by atoms with Crippen LogP contribution >= 0.6 is 12.2 Å². The molecule has 2 heterocycles. The van der Waals surface area contributed by atoms with E-state index in [1.165, 1.54) is 16.5 Å². The second kappa shape index (κ2) is 10.7. The molecule has 7 nitrogen and oxygen atoms in total. The number of benzene rings is 3. The number of halogens is 1. The Hall–Kier alpha value is -3.82. The molecule has 190 valence electrons. The number of para-hydroxylation sites is 2. The number of quaternary nitrogens is 1. The van der Waals surface area contributed by atoms with Crippen LogP contribution in [0.4, 0.5) is 21.5 Å². The molecule has 0 spiro atoms. The molecule has 0 saturated carbocycles. The minimum atomic E-state index is -0.194. The summed E-state index contributed by atoms with van der Waals surface area (Å²) in [5.41, 5.74) is 5.03. The average Bonchev–Trinajstić information content (AvgIpc) is 3.16. The number of aryl methyl sites for hydroxylation is 2. The molecule has 1 aliphatic heterocycles. The first-order valence-corrected chi connectivity index (χ1v) is 12.7. The molecule has 1 aromatic heterocycles. The summed E-state index contributed by atoms with van der Waals surface area (Å²) < 4.78 is 16.1. The van der Waals surface area contributed by atoms with Crippen molar-refractivity contribution in [3.05, 3.63) is 83.7 Å². The highest BCUT2D eigenvalue weighted by Gasteiger charge is 2.25. The Morgan fingerprint density at radius 1 is 1.05 bits per heavy atom. The number of anilines is 2. The first kappa shape index (κ1) is 24.9. The molecule has 1 fully saturated rings. The van der Waals surface area contributed by atoms with Crippen LogP contribution < -0.4 is 15.1 Å². The van der Waals surface area contributed by atoms with E-state index < -0.39 is 0 Å². The minimum Gasteiger partial charge on any atom is -0.493 e. The van der Waals surface area contributed by atoms with E-state index in [9.17, 15) is 9.50 Å². The zero-order valence-electron chi connectivity index (χ0n) is 20.9. The lowest BCUT2D eigenvalue weighted by atomic mass is 10.1. The van der Waals surface area contributed by atoms with Gasteiger partial charge in [0, 0.05) is 11.1 Å². The number of piperazine rings is 1. The maximum atomic E-state index is 14.2. The van der Waals surface area contributed by atoms with Crippen molar-refractivity contribution in [1.29, 1.82) is 0 Å². The van der Waals surface area contributed by atoms with E-state index >= 15 is 0 Å². The van der Waals surface area contributed by atoms with E-state index in [0.29, 0.717) is 18.0 Å². The largest absolute Gasteiger partial charge is 0.493 e. The van der Waals surface area contributed by atoms with Crippen molar-refractivity contribution in [2.45, 2.75) is 20.5 Å². The van der Waals surface area contributed by atoms with Gasteiger partial charge < -0.3 is 20.2 Å². The monoisotopic (exact) mass is 517 g/mol. The first-order valence-electron chi connectivity index (χ1n) is 12.3. The van der Waals surface area contributed by atoms with E-state index in [0.717, 1.165) is 48.3 Å². The lowest BCUT2D eigenvalue weighted by Crippen LogP contribution is -3.14. The second-order valence-electron chi connectivity index (χ2n) is 9.41. The van der Waals surface area contributed by atoms with Gasteiger partial charge in [-0.05, 0) is 55.9 Å². The van der Waals surface area contributed by atoms with Gasteiger partial charge in [-0.2, -0.15) is 0 Å². The van der Waals surface area contributed by atoms with Crippen molar-refractivity contribution in [3.63, 3.8) is 0 Å². The molecule has 5 rings (SSSR count). The number of aromatic hydroxyl groups is 1. The third kappa shape index (κ3) is 5.33. The van der Waals surface area contributed by atoms with E-state index in [2.05, 4.69) is 26.5 Å². The van der Waals surface area contributed by atoms with Gasteiger partial charge in [0.05, 0.1) is 37.4 Å². The Balaban J connectivity index is 1.32. The topological polar surface area (TPSA) is 69.6 Å². The number of azo groups is 1. The van der Waals surface area contributed by atoms with Crippen molar-refractivity contribution in [2.24, 2.45) is 10.2 Å². The van der Waals surface area contributed by atoms with Crippen LogP contribution in [-0.4, -0.2) is 41.0 Å². The van der Waals surface area contributed by atoms with E-state index in [-0.39, 0.29) is 16.8 Å². The predicted molar refractivity (Wildman–Crippen MR) is 150 cm³/mol. The maximum absolute atomic E-state index is 14.2. The van der Waals surface area contributed by atoms with Crippen LogP contribution in [0.3, 0.4) is 0 Å². The number of hydrogen-bond donors (Lipinski definition) is 3. The van der Waals surface area contributed by atoms with Crippen molar-refractivity contribution in [3.8, 4) is 5.88 Å². The van der Waals surface area contributed by atoms with Crippen LogP contribution in [0.2, 0.25) is 0 Å². The maximum Gasteiger partial charge on any atom is 0.225 e. The molecule has 1 saturated heterocycles. The van der Waals surface area contributed by atoms with Gasteiger partial charge in [0.25, 0.3) is 0 Å². The smallest absolute Gasteiger partial charge is 0.225 e. The van der Waals surface area contributed by atoms with Gasteiger partial charge in [-0.25, -0.2) is 4.39 Å². The number of fused-ring (bicyclic) bond motifs is 1. The standard InChI is InChI=1S/C28H29FN6OS/c1-19-11-12-23(20(2)17-19)30-28(37)32-31-26-21-7-3-5-9-24(21)35(27(26)36)18-33-13-15-34(16-14-33)25-10-6-4-8-22(25)29/h3-12,17,36H,13-16,18H2,1-2H3,(H,30,37)/p+1. The van der Waals surface area contributed by atoms with E-state index in [1.807, 2.05) is 66.9 Å². The molecular weight excluding hydrogens is 487 g/mol. The summed E-state index contributed by atoms with van der Waals surface area (Å²) in [4.78, 5) is 3.37. The van der Waals surface area contributed by atoms with Gasteiger partial charge in [0.15, 0.2) is 12.4 Å². The van der Waals surface area contributed by atoms with Crippen molar-refractivity contribution >= 4 is 45.3 Å². The number of hydrogen-bond acceptors (Lipinski definition) is 4. The molecule has 0 radical (unpaired) electrons. The Morgan fingerprint density at radius 2 is 1.78 bits per heavy atom. The Kier molecular flexibility index (Phi) is 7.16. The summed E-state index contributed by atoms with van der Waals surface area (Å²) in [6.45, 7) is 7.73. The fourth-order valence-electron chi connectivity index (χ4n) is 4.87. The Labute approximate surface area is 220 Å². The lowest BCUT2D eigenvalue weighted by molar-refractivity contribution is -0.923.